The van der Waals surface area contributed by atoms with Crippen LogP contribution in [0.4, 0.5) is 4.39 Å². The van der Waals surface area contributed by atoms with Gasteiger partial charge in [0.25, 0.3) is 5.91 Å². The number of carbonyl (C=O) groups is 3. The van der Waals surface area contributed by atoms with Gasteiger partial charge >= 0.3 is 11.9 Å². The number of rotatable bonds is 9. The van der Waals surface area contributed by atoms with Gasteiger partial charge in [-0.2, -0.15) is 0 Å². The molecule has 0 spiro atoms. The van der Waals surface area contributed by atoms with E-state index in [1.54, 1.807) is 31.4 Å². The fraction of sp³-hybridized carbons (Fsp3) is 0.400. The second kappa shape index (κ2) is 12.0. The third kappa shape index (κ3) is 7.59. The zero-order valence-corrected chi connectivity index (χ0v) is 18.6. The lowest BCUT2D eigenvalue weighted by atomic mass is 9.98. The number of esters is 2. The van der Waals surface area contributed by atoms with Crippen LogP contribution in [-0.2, 0) is 25.7 Å². The Labute approximate surface area is 192 Å². The van der Waals surface area contributed by atoms with Crippen LogP contribution in [0, 0.1) is 5.82 Å². The molecule has 8 heteroatoms. The number of halogens is 1. The first-order valence-electron chi connectivity index (χ1n) is 11.0. The molecule has 2 aromatic carbocycles. The lowest BCUT2D eigenvalue weighted by molar-refractivity contribution is -0.157. The molecule has 176 valence electrons. The van der Waals surface area contributed by atoms with Crippen LogP contribution in [0.2, 0.25) is 0 Å². The summed E-state index contributed by atoms with van der Waals surface area (Å²) in [5, 5.41) is 2.52. The summed E-state index contributed by atoms with van der Waals surface area (Å²) in [6.07, 6.45) is 4.15. The molecule has 0 bridgehead atoms. The molecule has 1 saturated carbocycles. The van der Waals surface area contributed by atoms with E-state index in [0.717, 1.165) is 49.8 Å². The van der Waals surface area contributed by atoms with Crippen molar-refractivity contribution in [1.29, 1.82) is 0 Å². The second-order valence-electron chi connectivity index (χ2n) is 7.94. The Hall–Kier alpha value is -3.42. The summed E-state index contributed by atoms with van der Waals surface area (Å²) < 4.78 is 29.1. The van der Waals surface area contributed by atoms with Crippen molar-refractivity contribution in [1.82, 2.24) is 5.32 Å². The Morgan fingerprint density at radius 3 is 2.30 bits per heavy atom. The van der Waals surface area contributed by atoms with Crippen molar-refractivity contribution >= 4 is 17.8 Å². The summed E-state index contributed by atoms with van der Waals surface area (Å²) in [4.78, 5) is 37.8. The normalized spacial score (nSPS) is 14.7. The Morgan fingerprint density at radius 1 is 1.00 bits per heavy atom. The highest BCUT2D eigenvalue weighted by Gasteiger charge is 2.28. The summed E-state index contributed by atoms with van der Waals surface area (Å²) >= 11 is 0. The minimum atomic E-state index is -1.24. The number of methoxy groups -OCH3 is 1. The summed E-state index contributed by atoms with van der Waals surface area (Å²) in [7, 11) is 1.55. The minimum absolute atomic E-state index is 0.0383. The molecule has 0 saturated heterocycles. The molecule has 0 heterocycles. The number of amides is 1. The van der Waals surface area contributed by atoms with E-state index < -0.39 is 29.7 Å². The summed E-state index contributed by atoms with van der Waals surface area (Å²) in [6.45, 7) is -0.0383. The Balaban J connectivity index is 1.64. The van der Waals surface area contributed by atoms with Crippen molar-refractivity contribution in [3.05, 3.63) is 65.5 Å². The molecule has 1 amide bonds. The van der Waals surface area contributed by atoms with Gasteiger partial charge in [0.05, 0.1) is 13.5 Å². The quantitative estimate of drug-likeness (QED) is 0.574. The molecular formula is C25H28FNO6. The van der Waals surface area contributed by atoms with Gasteiger partial charge in [-0.3, -0.25) is 9.59 Å². The number of hydrogen-bond donors (Lipinski definition) is 1. The van der Waals surface area contributed by atoms with Gasteiger partial charge in [-0.1, -0.05) is 18.6 Å². The molecule has 1 aliphatic rings. The van der Waals surface area contributed by atoms with Gasteiger partial charge in [0.2, 0.25) is 0 Å². The monoisotopic (exact) mass is 457 g/mol. The van der Waals surface area contributed by atoms with Crippen LogP contribution in [0.15, 0.2) is 48.5 Å². The van der Waals surface area contributed by atoms with Gasteiger partial charge in [0.15, 0.2) is 0 Å². The molecule has 1 fully saturated rings. The number of carbonyl (C=O) groups excluding carboxylic acids is 3. The lowest BCUT2D eigenvalue weighted by Crippen LogP contribution is -2.43. The fourth-order valence-electron chi connectivity index (χ4n) is 3.60. The standard InChI is InChI=1S/C25H28FNO6/c1-31-20-13-7-17(8-14-20)16-32-25(30)22(15-23(28)33-21-5-3-2-4-6-21)27-24(29)18-9-11-19(26)12-10-18/h7-14,21-22H,2-6,15-16H2,1H3,(H,27,29)/t22-/m0/s1. The van der Waals surface area contributed by atoms with E-state index in [9.17, 15) is 18.8 Å². The number of hydrogen-bond acceptors (Lipinski definition) is 6. The first kappa shape index (κ1) is 24.2. The SMILES string of the molecule is COc1ccc(COC(=O)[C@H](CC(=O)OC2CCCCC2)NC(=O)c2ccc(F)cc2)cc1. The van der Waals surface area contributed by atoms with Crippen LogP contribution >= 0.6 is 0 Å². The van der Waals surface area contributed by atoms with Crippen molar-refractivity contribution in [2.24, 2.45) is 0 Å². The Bertz CT molecular complexity index is 938. The van der Waals surface area contributed by atoms with Crippen LogP contribution in [0.3, 0.4) is 0 Å². The van der Waals surface area contributed by atoms with E-state index in [1.165, 1.54) is 12.1 Å². The third-order valence-corrected chi connectivity index (χ3v) is 5.46. The average Bonchev–Trinajstić information content (AvgIpc) is 2.83. The minimum Gasteiger partial charge on any atom is -0.497 e. The molecule has 0 aromatic heterocycles. The zero-order chi connectivity index (χ0) is 23.6. The third-order valence-electron chi connectivity index (χ3n) is 5.46. The van der Waals surface area contributed by atoms with Gasteiger partial charge < -0.3 is 19.5 Å². The zero-order valence-electron chi connectivity index (χ0n) is 18.6. The maximum Gasteiger partial charge on any atom is 0.329 e. The largest absolute Gasteiger partial charge is 0.497 e. The van der Waals surface area contributed by atoms with Gasteiger partial charge in [-0.25, -0.2) is 9.18 Å². The first-order valence-corrected chi connectivity index (χ1v) is 11.0. The van der Waals surface area contributed by atoms with Crippen LogP contribution in [0.25, 0.3) is 0 Å². The molecule has 3 rings (SSSR count). The maximum atomic E-state index is 13.2. The number of nitrogens with one attached hydrogen (secondary N) is 1. The smallest absolute Gasteiger partial charge is 0.329 e. The maximum absolute atomic E-state index is 13.2. The molecule has 0 unspecified atom stereocenters. The van der Waals surface area contributed by atoms with E-state index in [4.69, 9.17) is 14.2 Å². The molecule has 1 N–H and O–H groups in total. The van der Waals surface area contributed by atoms with Crippen molar-refractivity contribution in [2.45, 2.75) is 57.3 Å². The topological polar surface area (TPSA) is 90.9 Å². The van der Waals surface area contributed by atoms with Crippen LogP contribution < -0.4 is 10.1 Å². The summed E-state index contributed by atoms with van der Waals surface area (Å²) in [5.74, 6) is -1.78. The summed E-state index contributed by atoms with van der Waals surface area (Å²) in [6, 6.07) is 10.6. The predicted octanol–water partition coefficient (Wildman–Crippen LogP) is 3.94. The Kier molecular flexibility index (Phi) is 8.80. The lowest BCUT2D eigenvalue weighted by Gasteiger charge is -2.23. The van der Waals surface area contributed by atoms with Crippen molar-refractivity contribution in [3.8, 4) is 5.75 Å². The number of benzene rings is 2. The molecule has 1 aliphatic carbocycles. The van der Waals surface area contributed by atoms with E-state index >= 15 is 0 Å². The van der Waals surface area contributed by atoms with Crippen LogP contribution in [0.5, 0.6) is 5.75 Å². The van der Waals surface area contributed by atoms with Crippen LogP contribution in [0.1, 0.15) is 54.4 Å². The predicted molar refractivity (Wildman–Crippen MR) is 118 cm³/mol. The molecule has 0 radical (unpaired) electrons. The van der Waals surface area contributed by atoms with Gasteiger partial charge in [0.1, 0.15) is 30.3 Å². The van der Waals surface area contributed by atoms with Gasteiger partial charge in [-0.05, 0) is 67.6 Å². The van der Waals surface area contributed by atoms with Crippen molar-refractivity contribution < 1.29 is 33.0 Å². The molecule has 1 atom stereocenters. The molecule has 7 nitrogen and oxygen atoms in total. The number of ether oxygens (including phenoxy) is 3. The highest BCUT2D eigenvalue weighted by molar-refractivity contribution is 5.97. The Morgan fingerprint density at radius 2 is 1.67 bits per heavy atom. The van der Waals surface area contributed by atoms with Gasteiger partial charge in [-0.15, -0.1) is 0 Å². The van der Waals surface area contributed by atoms with E-state index in [1.807, 2.05) is 0 Å². The van der Waals surface area contributed by atoms with E-state index in [2.05, 4.69) is 5.32 Å². The molecule has 2 aromatic rings. The van der Waals surface area contributed by atoms with Crippen molar-refractivity contribution in [2.75, 3.05) is 7.11 Å². The highest BCUT2D eigenvalue weighted by atomic mass is 19.1. The fourth-order valence-corrected chi connectivity index (χ4v) is 3.60. The second-order valence-corrected chi connectivity index (χ2v) is 7.94. The molecule has 33 heavy (non-hydrogen) atoms. The summed E-state index contributed by atoms with van der Waals surface area (Å²) in [5.41, 5.74) is 0.877. The van der Waals surface area contributed by atoms with E-state index in [-0.39, 0.29) is 24.7 Å². The van der Waals surface area contributed by atoms with Crippen LogP contribution in [-0.4, -0.2) is 37.1 Å². The highest BCUT2D eigenvalue weighted by Crippen LogP contribution is 2.21. The van der Waals surface area contributed by atoms with E-state index in [0.29, 0.717) is 5.75 Å². The molecule has 0 aliphatic heterocycles. The first-order chi connectivity index (χ1) is 15.9. The average molecular weight is 457 g/mol. The molecular weight excluding hydrogens is 429 g/mol. The van der Waals surface area contributed by atoms with Gasteiger partial charge in [0, 0.05) is 5.56 Å². The van der Waals surface area contributed by atoms with Crippen molar-refractivity contribution in [3.63, 3.8) is 0 Å².